The molecule has 29 heavy (non-hydrogen) atoms. The molecule has 0 aromatic heterocycles. The highest BCUT2D eigenvalue weighted by Crippen LogP contribution is 2.13. The van der Waals surface area contributed by atoms with Crippen LogP contribution in [0.25, 0.3) is 4.85 Å². The molecule has 1 aliphatic rings. The smallest absolute Gasteiger partial charge is 0.392 e. The molecular formula is C20H34N3O5S+. The van der Waals surface area contributed by atoms with Gasteiger partial charge in [0.15, 0.2) is 11.7 Å². The first kappa shape index (κ1) is 25.1. The molecule has 164 valence electrons. The van der Waals surface area contributed by atoms with E-state index in [1.165, 1.54) is 17.9 Å². The van der Waals surface area contributed by atoms with Gasteiger partial charge in [-0.05, 0) is 69.7 Å². The van der Waals surface area contributed by atoms with E-state index in [0.717, 1.165) is 25.9 Å². The number of ether oxygens (including phenoxy) is 1. The van der Waals surface area contributed by atoms with Crippen LogP contribution in [0.5, 0.6) is 0 Å². The molecule has 1 unspecified atom stereocenters. The number of nitrogens with zero attached hydrogens (tertiary/aromatic N) is 2. The zero-order valence-corrected chi connectivity index (χ0v) is 19.1. The van der Waals surface area contributed by atoms with Gasteiger partial charge in [-0.1, -0.05) is 0 Å². The van der Waals surface area contributed by atoms with Crippen molar-refractivity contribution in [2.45, 2.75) is 58.1 Å². The highest BCUT2D eigenvalue weighted by Gasteiger charge is 2.29. The lowest BCUT2D eigenvalue weighted by Crippen LogP contribution is -2.45. The maximum absolute atomic E-state index is 12.7. The largest absolute Gasteiger partial charge is 0.728 e. The van der Waals surface area contributed by atoms with Crippen molar-refractivity contribution in [3.8, 4) is 6.07 Å². The van der Waals surface area contributed by atoms with Crippen LogP contribution in [0.4, 0.5) is 4.79 Å². The van der Waals surface area contributed by atoms with Gasteiger partial charge in [-0.3, -0.25) is 13.8 Å². The van der Waals surface area contributed by atoms with Crippen molar-refractivity contribution in [3.63, 3.8) is 0 Å². The molecule has 0 saturated carbocycles. The van der Waals surface area contributed by atoms with Crippen LogP contribution in [0, 0.1) is 12.0 Å². The zero-order valence-electron chi connectivity index (χ0n) is 18.3. The SMILES string of the molecule is CN1CCC(NC(=O)C(C#[N+]C(=O)OC(C)(C)C)CCC(=O)C=S(C)(C)=O)CC1. The molecule has 0 spiro atoms. The van der Waals surface area contributed by atoms with E-state index >= 15 is 0 Å². The number of carbonyl (C=O) groups is 3. The van der Waals surface area contributed by atoms with Crippen LogP contribution in [0.15, 0.2) is 0 Å². The molecule has 0 bridgehead atoms. The number of hydrogen-bond donors (Lipinski definition) is 1. The molecule has 1 N–H and O–H groups in total. The number of Topliss-reactive ketones (excluding diaryl/α,β-unsaturated/α-hetero) is 1. The summed E-state index contributed by atoms with van der Waals surface area (Å²) in [6.45, 7) is 6.92. The standard InChI is InChI=1S/C20H33N3O5S/c1-20(2,3)28-19(26)21-13-15(7-8-17(24)14-29(5,6)27)18(25)22-16-9-11-23(4)12-10-16/h14-16H,7-12H2,1-6H3/p+1. The lowest BCUT2D eigenvalue weighted by molar-refractivity contribution is -0.124. The second-order valence-corrected chi connectivity index (χ2v) is 11.6. The summed E-state index contributed by atoms with van der Waals surface area (Å²) in [5.41, 5.74) is -0.707. The van der Waals surface area contributed by atoms with Crippen molar-refractivity contribution >= 4 is 32.7 Å². The first-order chi connectivity index (χ1) is 13.2. The van der Waals surface area contributed by atoms with E-state index in [4.69, 9.17) is 4.74 Å². The molecule has 8 nitrogen and oxygen atoms in total. The molecule has 1 rings (SSSR count). The molecular weight excluding hydrogens is 394 g/mol. The van der Waals surface area contributed by atoms with Gasteiger partial charge in [-0.25, -0.2) is 0 Å². The topological polar surface area (TPSA) is 97.1 Å². The van der Waals surface area contributed by atoms with E-state index in [1.807, 2.05) is 7.05 Å². The molecule has 0 aliphatic carbocycles. The van der Waals surface area contributed by atoms with Gasteiger partial charge in [0.2, 0.25) is 5.91 Å². The fraction of sp³-hybridized carbons (Fsp3) is 0.750. The van der Waals surface area contributed by atoms with E-state index in [1.54, 1.807) is 20.8 Å². The van der Waals surface area contributed by atoms with Crippen LogP contribution in [0.3, 0.4) is 0 Å². The van der Waals surface area contributed by atoms with Gasteiger partial charge in [0.05, 0.1) is 4.85 Å². The normalized spacial score (nSPS) is 16.9. The molecule has 0 aromatic rings. The van der Waals surface area contributed by atoms with Crippen molar-refractivity contribution in [1.82, 2.24) is 10.2 Å². The quantitative estimate of drug-likeness (QED) is 0.648. The van der Waals surface area contributed by atoms with Gasteiger partial charge in [0.1, 0.15) is 5.60 Å². The Balaban J connectivity index is 2.84. The van der Waals surface area contributed by atoms with Crippen LogP contribution in [-0.2, 0) is 23.8 Å². The number of nitrogens with one attached hydrogen (secondary N) is 1. The van der Waals surface area contributed by atoms with Crippen molar-refractivity contribution in [1.29, 1.82) is 0 Å². The molecule has 9 heteroatoms. The van der Waals surface area contributed by atoms with Crippen LogP contribution >= 0.6 is 0 Å². The van der Waals surface area contributed by atoms with Crippen molar-refractivity contribution in [3.05, 3.63) is 4.85 Å². The number of hydrogen-bond acceptors (Lipinski definition) is 6. The third-order valence-electron chi connectivity index (χ3n) is 4.18. The second kappa shape index (κ2) is 10.7. The average molecular weight is 429 g/mol. The summed E-state index contributed by atoms with van der Waals surface area (Å²) in [5.74, 6) is -1.51. The van der Waals surface area contributed by atoms with E-state index < -0.39 is 27.1 Å². The van der Waals surface area contributed by atoms with Crippen molar-refractivity contribution < 1.29 is 23.3 Å². The maximum Gasteiger partial charge on any atom is 0.728 e. The van der Waals surface area contributed by atoms with Crippen LogP contribution in [-0.4, -0.2) is 76.6 Å². The number of likely N-dealkylation sites (tertiary alicyclic amines) is 1. The van der Waals surface area contributed by atoms with Crippen LogP contribution < -0.4 is 5.32 Å². The summed E-state index contributed by atoms with van der Waals surface area (Å²) in [6, 6.07) is 2.59. The Morgan fingerprint density at radius 1 is 1.28 bits per heavy atom. The van der Waals surface area contributed by atoms with Crippen LogP contribution in [0.2, 0.25) is 0 Å². The van der Waals surface area contributed by atoms with Gasteiger partial charge in [0, 0.05) is 30.3 Å². The first-order valence-corrected chi connectivity index (χ1v) is 12.2. The zero-order chi connectivity index (χ0) is 22.2. The third-order valence-corrected chi connectivity index (χ3v) is 5.01. The summed E-state index contributed by atoms with van der Waals surface area (Å²) in [7, 11) is -0.282. The molecule has 1 atom stereocenters. The van der Waals surface area contributed by atoms with E-state index in [9.17, 15) is 18.6 Å². The van der Waals surface area contributed by atoms with E-state index in [-0.39, 0.29) is 30.6 Å². The molecule has 1 heterocycles. The average Bonchev–Trinajstić information content (AvgIpc) is 2.53. The maximum atomic E-state index is 12.7. The molecule has 0 aromatic carbocycles. The second-order valence-electron chi connectivity index (χ2n) is 8.79. The number of piperidine rings is 1. The summed E-state index contributed by atoms with van der Waals surface area (Å²) < 4.78 is 16.9. The molecule has 1 saturated heterocycles. The first-order valence-electron chi connectivity index (χ1n) is 9.75. The van der Waals surface area contributed by atoms with Gasteiger partial charge in [-0.15, -0.1) is 0 Å². The van der Waals surface area contributed by atoms with Crippen molar-refractivity contribution in [2.24, 2.45) is 5.92 Å². The Bertz CT molecular complexity index is 781. The predicted molar refractivity (Wildman–Crippen MR) is 116 cm³/mol. The molecule has 1 fully saturated rings. The lowest BCUT2D eigenvalue weighted by Gasteiger charge is -2.29. The third kappa shape index (κ3) is 11.6. The molecule has 0 radical (unpaired) electrons. The Labute approximate surface area is 174 Å². The number of carbonyl (C=O) groups excluding carboxylic acids is 3. The summed E-state index contributed by atoms with van der Waals surface area (Å²) in [5, 5.41) is 4.15. The predicted octanol–water partition coefficient (Wildman–Crippen LogP) is 1.78. The molecule has 2 amide bonds. The minimum absolute atomic E-state index is 0.0149. The van der Waals surface area contributed by atoms with Gasteiger partial charge in [-0.2, -0.15) is 4.79 Å². The van der Waals surface area contributed by atoms with Gasteiger partial charge in [0.25, 0.3) is 0 Å². The minimum atomic E-state index is -2.31. The summed E-state index contributed by atoms with van der Waals surface area (Å²) in [4.78, 5) is 42.4. The highest BCUT2D eigenvalue weighted by atomic mass is 32.2. The number of amides is 2. The van der Waals surface area contributed by atoms with E-state index in [0.29, 0.717) is 0 Å². The number of rotatable bonds is 6. The Morgan fingerprint density at radius 2 is 1.86 bits per heavy atom. The number of ketones is 1. The van der Waals surface area contributed by atoms with Gasteiger partial charge < -0.3 is 15.0 Å². The minimum Gasteiger partial charge on any atom is -0.392 e. The monoisotopic (exact) mass is 428 g/mol. The van der Waals surface area contributed by atoms with Crippen LogP contribution in [0.1, 0.15) is 46.5 Å². The Morgan fingerprint density at radius 3 is 2.38 bits per heavy atom. The molecule has 1 aliphatic heterocycles. The van der Waals surface area contributed by atoms with Crippen molar-refractivity contribution in [2.75, 3.05) is 32.6 Å². The summed E-state index contributed by atoms with van der Waals surface area (Å²) in [6.07, 6.45) is 3.92. The Hall–Kier alpha value is -1.92. The highest BCUT2D eigenvalue weighted by molar-refractivity contribution is 8.01. The fourth-order valence-corrected chi connectivity index (χ4v) is 3.54. The van der Waals surface area contributed by atoms with Gasteiger partial charge >= 0.3 is 12.2 Å². The Kier molecular flexibility index (Phi) is 9.30. The summed E-state index contributed by atoms with van der Waals surface area (Å²) >= 11 is 0. The fourth-order valence-electron chi connectivity index (χ4n) is 2.79. The lowest BCUT2D eigenvalue weighted by atomic mass is 10.00. The van der Waals surface area contributed by atoms with E-state index in [2.05, 4.69) is 21.1 Å².